The molecule has 3 atom stereocenters. The number of rotatable bonds is 11. The molecule has 0 spiro atoms. The SMILES string of the molecule is CNC(=O)COc1ccc(CC(C)C(NCCO)C(O)c2csc(C(F)(F)F)n2)cc1. The maximum atomic E-state index is 12.9. The molecule has 0 bridgehead atoms. The van der Waals surface area contributed by atoms with Crippen molar-refractivity contribution in [2.75, 3.05) is 26.8 Å². The predicted octanol–water partition coefficient (Wildman–Crippen LogP) is 2.15. The van der Waals surface area contributed by atoms with Gasteiger partial charge in [0.1, 0.15) is 11.9 Å². The van der Waals surface area contributed by atoms with Gasteiger partial charge in [-0.15, -0.1) is 11.3 Å². The molecule has 2 aromatic rings. The van der Waals surface area contributed by atoms with Gasteiger partial charge in [0, 0.05) is 25.0 Å². The molecule has 0 saturated carbocycles. The summed E-state index contributed by atoms with van der Waals surface area (Å²) in [7, 11) is 1.52. The van der Waals surface area contributed by atoms with E-state index in [4.69, 9.17) is 9.84 Å². The van der Waals surface area contributed by atoms with Crippen molar-refractivity contribution < 1.29 is 32.9 Å². The van der Waals surface area contributed by atoms with Crippen LogP contribution in [0.2, 0.25) is 0 Å². The summed E-state index contributed by atoms with van der Waals surface area (Å²) in [6.45, 7) is 1.75. The van der Waals surface area contributed by atoms with Gasteiger partial charge in [0.25, 0.3) is 5.91 Å². The van der Waals surface area contributed by atoms with E-state index in [9.17, 15) is 23.1 Å². The number of ether oxygens (including phenoxy) is 1. The van der Waals surface area contributed by atoms with E-state index in [1.807, 2.05) is 19.1 Å². The molecule has 0 aliphatic rings. The zero-order valence-electron chi connectivity index (χ0n) is 17.1. The summed E-state index contributed by atoms with van der Waals surface area (Å²) in [5.41, 5.74) is 0.856. The number of carbonyl (C=O) groups excluding carboxylic acids is 1. The Labute approximate surface area is 182 Å². The number of nitrogens with one attached hydrogen (secondary N) is 2. The number of benzene rings is 1. The highest BCUT2D eigenvalue weighted by Crippen LogP contribution is 2.34. The zero-order chi connectivity index (χ0) is 23.0. The average molecular weight is 462 g/mol. The van der Waals surface area contributed by atoms with Crippen molar-refractivity contribution in [3.05, 3.63) is 45.9 Å². The van der Waals surface area contributed by atoms with E-state index in [2.05, 4.69) is 15.6 Å². The van der Waals surface area contributed by atoms with E-state index in [1.165, 1.54) is 12.4 Å². The molecule has 11 heteroatoms. The van der Waals surface area contributed by atoms with E-state index in [-0.39, 0.29) is 37.3 Å². The Morgan fingerprint density at radius 1 is 1.29 bits per heavy atom. The van der Waals surface area contributed by atoms with Gasteiger partial charge in [-0.25, -0.2) is 4.98 Å². The first kappa shape index (κ1) is 25.1. The van der Waals surface area contributed by atoms with Crippen LogP contribution in [-0.2, 0) is 17.4 Å². The highest BCUT2D eigenvalue weighted by atomic mass is 32.1. The first-order valence-corrected chi connectivity index (χ1v) is 10.5. The van der Waals surface area contributed by atoms with Crippen LogP contribution in [0.3, 0.4) is 0 Å². The summed E-state index contributed by atoms with van der Waals surface area (Å²) in [4.78, 5) is 14.8. The molecule has 31 heavy (non-hydrogen) atoms. The van der Waals surface area contributed by atoms with E-state index in [1.54, 1.807) is 12.1 Å². The number of aromatic nitrogens is 1. The molecular weight excluding hydrogens is 435 g/mol. The second kappa shape index (κ2) is 11.4. The summed E-state index contributed by atoms with van der Waals surface area (Å²) in [6, 6.07) is 6.44. The standard InChI is InChI=1S/C20H26F3N3O4S/c1-12(9-13-3-5-14(6-4-13)30-10-16(28)24-2)17(25-7-8-27)18(29)15-11-31-19(26-15)20(21,22)23/h3-6,11-12,17-18,25,27,29H,7-10H2,1-2H3,(H,24,28). The number of amides is 1. The van der Waals surface area contributed by atoms with E-state index in [0.29, 0.717) is 23.5 Å². The van der Waals surface area contributed by atoms with Crippen molar-refractivity contribution in [3.8, 4) is 5.75 Å². The molecule has 4 N–H and O–H groups in total. The van der Waals surface area contributed by atoms with Gasteiger partial charge < -0.3 is 25.6 Å². The third-order valence-electron chi connectivity index (χ3n) is 4.64. The van der Waals surface area contributed by atoms with E-state index in [0.717, 1.165) is 5.56 Å². The first-order chi connectivity index (χ1) is 14.7. The van der Waals surface area contributed by atoms with Crippen LogP contribution in [0.25, 0.3) is 0 Å². The van der Waals surface area contributed by atoms with Crippen molar-refractivity contribution in [1.29, 1.82) is 0 Å². The fourth-order valence-electron chi connectivity index (χ4n) is 3.03. The monoisotopic (exact) mass is 461 g/mol. The zero-order valence-corrected chi connectivity index (χ0v) is 18.0. The number of likely N-dealkylation sites (N-methyl/N-ethyl adjacent to an activating group) is 1. The van der Waals surface area contributed by atoms with Crippen LogP contribution >= 0.6 is 11.3 Å². The highest BCUT2D eigenvalue weighted by Gasteiger charge is 2.36. The Morgan fingerprint density at radius 2 is 1.97 bits per heavy atom. The molecule has 0 radical (unpaired) electrons. The highest BCUT2D eigenvalue weighted by molar-refractivity contribution is 7.09. The van der Waals surface area contributed by atoms with Crippen LogP contribution in [0.1, 0.15) is 29.3 Å². The van der Waals surface area contributed by atoms with Gasteiger partial charge in [-0.2, -0.15) is 13.2 Å². The third kappa shape index (κ3) is 7.46. The van der Waals surface area contributed by atoms with Gasteiger partial charge in [-0.1, -0.05) is 19.1 Å². The molecule has 7 nitrogen and oxygen atoms in total. The van der Waals surface area contributed by atoms with Gasteiger partial charge in [-0.05, 0) is 30.0 Å². The molecule has 0 aliphatic heterocycles. The predicted molar refractivity (Wildman–Crippen MR) is 110 cm³/mol. The Bertz CT molecular complexity index is 830. The molecule has 1 heterocycles. The fraction of sp³-hybridized carbons (Fsp3) is 0.500. The number of nitrogens with zero attached hydrogens (tertiary/aromatic N) is 1. The van der Waals surface area contributed by atoms with Gasteiger partial charge >= 0.3 is 6.18 Å². The largest absolute Gasteiger partial charge is 0.484 e. The lowest BCUT2D eigenvalue weighted by atomic mass is 9.89. The van der Waals surface area contributed by atoms with Crippen molar-refractivity contribution in [2.45, 2.75) is 31.7 Å². The number of hydrogen-bond acceptors (Lipinski definition) is 7. The number of aliphatic hydroxyl groups is 2. The Balaban J connectivity index is 2.07. The lowest BCUT2D eigenvalue weighted by Gasteiger charge is -2.29. The smallest absolute Gasteiger partial charge is 0.443 e. The molecule has 0 saturated heterocycles. The van der Waals surface area contributed by atoms with Crippen LogP contribution in [0.5, 0.6) is 5.75 Å². The van der Waals surface area contributed by atoms with Crippen LogP contribution in [0.15, 0.2) is 29.6 Å². The first-order valence-electron chi connectivity index (χ1n) is 9.63. The second-order valence-electron chi connectivity index (χ2n) is 7.01. The molecule has 172 valence electrons. The maximum Gasteiger partial charge on any atom is 0.443 e. The maximum absolute atomic E-state index is 12.9. The molecule has 3 unspecified atom stereocenters. The minimum Gasteiger partial charge on any atom is -0.484 e. The Morgan fingerprint density at radius 3 is 2.52 bits per heavy atom. The molecule has 1 amide bonds. The summed E-state index contributed by atoms with van der Waals surface area (Å²) in [5.74, 6) is 0.0765. The molecule has 1 aromatic carbocycles. The molecule has 1 aromatic heterocycles. The van der Waals surface area contributed by atoms with Crippen molar-refractivity contribution in [2.24, 2.45) is 5.92 Å². The van der Waals surface area contributed by atoms with E-state index < -0.39 is 23.3 Å². The summed E-state index contributed by atoms with van der Waals surface area (Å²) in [5, 5.41) is 25.5. The number of hydrogen-bond donors (Lipinski definition) is 4. The quantitative estimate of drug-likeness (QED) is 0.409. The van der Waals surface area contributed by atoms with Crippen molar-refractivity contribution in [3.63, 3.8) is 0 Å². The molecule has 0 aliphatic carbocycles. The van der Waals surface area contributed by atoms with Gasteiger partial charge in [0.15, 0.2) is 11.6 Å². The topological polar surface area (TPSA) is 104 Å². The van der Waals surface area contributed by atoms with Crippen LogP contribution in [0.4, 0.5) is 13.2 Å². The molecule has 2 rings (SSSR count). The minimum absolute atomic E-state index is 0.0578. The van der Waals surface area contributed by atoms with Gasteiger partial charge in [-0.3, -0.25) is 4.79 Å². The van der Waals surface area contributed by atoms with Crippen molar-refractivity contribution in [1.82, 2.24) is 15.6 Å². The van der Waals surface area contributed by atoms with E-state index >= 15 is 0 Å². The normalized spacial score (nSPS) is 14.7. The van der Waals surface area contributed by atoms with Gasteiger partial charge in [0.2, 0.25) is 0 Å². The van der Waals surface area contributed by atoms with Gasteiger partial charge in [0.05, 0.1) is 12.3 Å². The van der Waals surface area contributed by atoms with Crippen LogP contribution in [-0.4, -0.2) is 54.0 Å². The van der Waals surface area contributed by atoms with Crippen LogP contribution in [0, 0.1) is 5.92 Å². The fourth-order valence-corrected chi connectivity index (χ4v) is 3.75. The Kier molecular flexibility index (Phi) is 9.23. The second-order valence-corrected chi connectivity index (χ2v) is 7.87. The summed E-state index contributed by atoms with van der Waals surface area (Å²) >= 11 is 0.436. The van der Waals surface area contributed by atoms with Crippen LogP contribution < -0.4 is 15.4 Å². The molecular formula is C20H26F3N3O4S. The number of alkyl halides is 3. The average Bonchev–Trinajstić information content (AvgIpc) is 3.24. The number of aliphatic hydroxyl groups excluding tert-OH is 2. The summed E-state index contributed by atoms with van der Waals surface area (Å²) < 4.78 is 43.9. The minimum atomic E-state index is -4.57. The Hall–Kier alpha value is -2.21. The third-order valence-corrected chi connectivity index (χ3v) is 5.55. The number of halogens is 3. The summed E-state index contributed by atoms with van der Waals surface area (Å²) in [6.07, 6.45) is -5.33. The lowest BCUT2D eigenvalue weighted by molar-refractivity contribution is -0.137. The van der Waals surface area contributed by atoms with Crippen molar-refractivity contribution >= 4 is 17.2 Å². The molecule has 0 fully saturated rings. The number of carbonyl (C=O) groups is 1. The number of thiazole rings is 1. The lowest BCUT2D eigenvalue weighted by Crippen LogP contribution is -2.42.